The Bertz CT molecular complexity index is 896. The number of hydrogen-bond donors (Lipinski definition) is 1. The van der Waals surface area contributed by atoms with Gasteiger partial charge < -0.3 is 10.2 Å². The summed E-state index contributed by atoms with van der Waals surface area (Å²) >= 11 is 0. The van der Waals surface area contributed by atoms with Gasteiger partial charge in [0.25, 0.3) is 0 Å². The lowest BCUT2D eigenvalue weighted by Crippen LogP contribution is -2.44. The van der Waals surface area contributed by atoms with Crippen LogP contribution in [0.5, 0.6) is 0 Å². The first-order chi connectivity index (χ1) is 12.7. The highest BCUT2D eigenvalue weighted by atomic mass is 15.4. The van der Waals surface area contributed by atoms with Crippen LogP contribution in [-0.2, 0) is 0 Å². The summed E-state index contributed by atoms with van der Waals surface area (Å²) < 4.78 is 0. The van der Waals surface area contributed by atoms with E-state index in [2.05, 4.69) is 72.0 Å². The van der Waals surface area contributed by atoms with E-state index in [0.29, 0.717) is 17.3 Å². The summed E-state index contributed by atoms with van der Waals surface area (Å²) in [7, 11) is 0. The zero-order valence-corrected chi connectivity index (χ0v) is 15.3. The van der Waals surface area contributed by atoms with Crippen LogP contribution < -0.4 is 5.32 Å². The van der Waals surface area contributed by atoms with Gasteiger partial charge in [-0.15, -0.1) is 0 Å². The third-order valence-electron chi connectivity index (χ3n) is 7.14. The molecule has 0 aromatic carbocycles. The Balaban J connectivity index is 1.42. The van der Waals surface area contributed by atoms with Crippen molar-refractivity contribution in [2.75, 3.05) is 0 Å². The Kier molecular flexibility index (Phi) is 2.80. The molecule has 2 heterocycles. The number of hydrogen-bond acceptors (Lipinski definition) is 3. The smallest absolute Gasteiger partial charge is 0.134 e. The van der Waals surface area contributed by atoms with Gasteiger partial charge in [-0.05, 0) is 49.8 Å². The second-order valence-corrected chi connectivity index (χ2v) is 8.75. The maximum absolute atomic E-state index is 5.00. The van der Waals surface area contributed by atoms with E-state index in [1.165, 1.54) is 30.2 Å². The first kappa shape index (κ1) is 14.8. The largest absolute Gasteiger partial charge is 0.342 e. The third-order valence-corrected chi connectivity index (χ3v) is 7.14. The summed E-state index contributed by atoms with van der Waals surface area (Å²) in [4.78, 5) is 7.52. The fraction of sp³-hybridized carbons (Fsp3) is 0.435. The summed E-state index contributed by atoms with van der Waals surface area (Å²) in [6.07, 6.45) is 26.3. The average molecular weight is 343 g/mol. The fourth-order valence-electron chi connectivity index (χ4n) is 5.23. The summed E-state index contributed by atoms with van der Waals surface area (Å²) in [5.41, 5.74) is 3.18. The highest BCUT2D eigenvalue weighted by Gasteiger charge is 2.61. The number of aliphatic imine (C=N–C) groups is 1. The number of nitrogens with one attached hydrogen (secondary N) is 1. The van der Waals surface area contributed by atoms with Gasteiger partial charge in [0.2, 0.25) is 0 Å². The second-order valence-electron chi connectivity index (χ2n) is 8.75. The summed E-state index contributed by atoms with van der Waals surface area (Å²) in [5.74, 6) is 3.68. The molecule has 2 saturated carbocycles. The van der Waals surface area contributed by atoms with Crippen molar-refractivity contribution in [3.8, 4) is 0 Å². The van der Waals surface area contributed by atoms with Gasteiger partial charge in [0.1, 0.15) is 11.6 Å². The molecule has 0 radical (unpaired) electrons. The second kappa shape index (κ2) is 4.91. The monoisotopic (exact) mass is 343 g/mol. The topological polar surface area (TPSA) is 27.6 Å². The molecular weight excluding hydrogens is 318 g/mol. The zero-order valence-electron chi connectivity index (χ0n) is 15.3. The van der Waals surface area contributed by atoms with Gasteiger partial charge in [-0.1, -0.05) is 43.4 Å². The Morgan fingerprint density at radius 1 is 1.15 bits per heavy atom. The molecule has 3 nitrogen and oxygen atoms in total. The van der Waals surface area contributed by atoms with Crippen molar-refractivity contribution in [1.82, 2.24) is 10.2 Å². The number of rotatable bonds is 3. The highest BCUT2D eigenvalue weighted by molar-refractivity contribution is 5.73. The van der Waals surface area contributed by atoms with Crippen LogP contribution in [0.15, 0.2) is 76.5 Å². The highest BCUT2D eigenvalue weighted by Crippen LogP contribution is 2.64. The minimum absolute atomic E-state index is 0.0724. The fourth-order valence-corrected chi connectivity index (χ4v) is 5.23. The molecule has 4 aliphatic carbocycles. The molecule has 0 amide bonds. The lowest BCUT2D eigenvalue weighted by Gasteiger charge is -2.41. The van der Waals surface area contributed by atoms with E-state index in [4.69, 9.17) is 4.99 Å². The molecule has 132 valence electrons. The van der Waals surface area contributed by atoms with Gasteiger partial charge in [-0.25, -0.2) is 4.99 Å². The van der Waals surface area contributed by atoms with Crippen LogP contribution in [0.4, 0.5) is 0 Å². The average Bonchev–Trinajstić information content (AvgIpc) is 3.55. The van der Waals surface area contributed by atoms with Gasteiger partial charge >= 0.3 is 0 Å². The van der Waals surface area contributed by atoms with Crippen molar-refractivity contribution >= 4 is 6.21 Å². The quantitative estimate of drug-likeness (QED) is 0.813. The van der Waals surface area contributed by atoms with Crippen molar-refractivity contribution in [1.29, 1.82) is 0 Å². The van der Waals surface area contributed by atoms with Gasteiger partial charge in [-0.3, -0.25) is 0 Å². The molecule has 6 rings (SSSR count). The standard InChI is InChI=1S/C23H25N3/c1-22-13-17(22)15-24-21-19(22)10-11-20(25-18-8-3-2-4-9-18)26(21)23-12-6-5-7-16(23)14-23/h3,5-9,11-12,15-17,25H,2,4,10,13-14H2,1H3. The van der Waals surface area contributed by atoms with E-state index in [9.17, 15) is 0 Å². The minimum atomic E-state index is 0.0724. The molecule has 0 bridgehead atoms. The maximum atomic E-state index is 5.00. The van der Waals surface area contributed by atoms with Crippen LogP contribution >= 0.6 is 0 Å². The van der Waals surface area contributed by atoms with E-state index in [1.54, 1.807) is 5.57 Å². The molecule has 0 spiro atoms. The Hall–Kier alpha value is -2.29. The Morgan fingerprint density at radius 2 is 2.12 bits per heavy atom. The molecule has 3 heteroatoms. The van der Waals surface area contributed by atoms with Crippen LogP contribution in [-0.4, -0.2) is 16.7 Å². The molecule has 1 N–H and O–H groups in total. The van der Waals surface area contributed by atoms with Gasteiger partial charge in [0, 0.05) is 29.2 Å². The Labute approximate surface area is 155 Å². The first-order valence-electron chi connectivity index (χ1n) is 9.99. The molecule has 2 aliphatic heterocycles. The van der Waals surface area contributed by atoms with Gasteiger partial charge in [0.15, 0.2) is 0 Å². The van der Waals surface area contributed by atoms with E-state index < -0.39 is 0 Å². The predicted octanol–water partition coefficient (Wildman–Crippen LogP) is 4.56. The molecule has 0 aromatic heterocycles. The summed E-state index contributed by atoms with van der Waals surface area (Å²) in [6.45, 7) is 2.42. The predicted molar refractivity (Wildman–Crippen MR) is 105 cm³/mol. The molecule has 2 fully saturated rings. The Morgan fingerprint density at radius 3 is 2.96 bits per heavy atom. The van der Waals surface area contributed by atoms with Crippen LogP contribution in [0.3, 0.4) is 0 Å². The van der Waals surface area contributed by atoms with Gasteiger partial charge in [0.05, 0.1) is 5.54 Å². The number of fused-ring (bicyclic) bond motifs is 3. The van der Waals surface area contributed by atoms with E-state index in [1.807, 2.05) is 0 Å². The van der Waals surface area contributed by atoms with E-state index >= 15 is 0 Å². The zero-order chi connectivity index (χ0) is 17.4. The first-order valence-corrected chi connectivity index (χ1v) is 9.99. The van der Waals surface area contributed by atoms with Crippen LogP contribution in [0.2, 0.25) is 0 Å². The van der Waals surface area contributed by atoms with Crippen LogP contribution in [0.25, 0.3) is 0 Å². The van der Waals surface area contributed by atoms with Crippen molar-refractivity contribution in [2.45, 2.75) is 44.6 Å². The molecule has 4 unspecified atom stereocenters. The van der Waals surface area contributed by atoms with Crippen molar-refractivity contribution in [3.05, 3.63) is 71.5 Å². The molecule has 26 heavy (non-hydrogen) atoms. The van der Waals surface area contributed by atoms with Crippen molar-refractivity contribution in [3.63, 3.8) is 0 Å². The molecule has 0 saturated heterocycles. The van der Waals surface area contributed by atoms with Crippen LogP contribution in [0, 0.1) is 17.3 Å². The number of allylic oxidation sites excluding steroid dienone is 7. The minimum Gasteiger partial charge on any atom is -0.342 e. The molecule has 4 atom stereocenters. The van der Waals surface area contributed by atoms with Crippen molar-refractivity contribution in [2.24, 2.45) is 22.2 Å². The lowest BCUT2D eigenvalue weighted by atomic mass is 9.88. The number of nitrogens with zero attached hydrogens (tertiary/aromatic N) is 2. The van der Waals surface area contributed by atoms with Crippen LogP contribution in [0.1, 0.15) is 39.0 Å². The third kappa shape index (κ3) is 1.92. The van der Waals surface area contributed by atoms with E-state index in [-0.39, 0.29) is 5.54 Å². The maximum Gasteiger partial charge on any atom is 0.134 e. The summed E-state index contributed by atoms with van der Waals surface area (Å²) in [5, 5.41) is 3.73. The molecule has 0 aromatic rings. The summed E-state index contributed by atoms with van der Waals surface area (Å²) in [6, 6.07) is 0. The molecular formula is C23H25N3. The molecule has 6 aliphatic rings. The normalized spacial score (nSPS) is 41.2. The SMILES string of the molecule is CC12CC1C=NC1=C2CC=C(NC2=CCCC=C2)N1C12C=CC=CC1C2. The van der Waals surface area contributed by atoms with Crippen molar-refractivity contribution < 1.29 is 0 Å². The lowest BCUT2D eigenvalue weighted by molar-refractivity contribution is 0.291. The van der Waals surface area contributed by atoms with Gasteiger partial charge in [-0.2, -0.15) is 0 Å². The van der Waals surface area contributed by atoms with E-state index in [0.717, 1.165) is 19.3 Å².